The topological polar surface area (TPSA) is 78.9 Å². The molecule has 0 aliphatic carbocycles. The number of carbonyl (C=O) groups excluding carboxylic acids is 1. The van der Waals surface area contributed by atoms with Crippen molar-refractivity contribution in [3.05, 3.63) is 29.8 Å². The summed E-state index contributed by atoms with van der Waals surface area (Å²) in [4.78, 5) is 24.2. The number of carbonyl (C=O) groups is 2. The number of amides is 2. The minimum absolute atomic E-state index is 0.185. The van der Waals surface area contributed by atoms with Gasteiger partial charge in [0.2, 0.25) is 0 Å². The van der Waals surface area contributed by atoms with Crippen LogP contribution in [0.25, 0.3) is 0 Å². The fourth-order valence-corrected chi connectivity index (χ4v) is 2.43. The van der Waals surface area contributed by atoms with Crippen molar-refractivity contribution in [3.8, 4) is 5.75 Å². The van der Waals surface area contributed by atoms with Crippen LogP contribution < -0.4 is 10.1 Å². The number of nitrogens with zero attached hydrogens (tertiary/aromatic N) is 1. The van der Waals surface area contributed by atoms with Crippen LogP contribution >= 0.6 is 0 Å². The van der Waals surface area contributed by atoms with Crippen LogP contribution in [0.1, 0.15) is 12.0 Å². The second-order valence-corrected chi connectivity index (χ2v) is 5.44. The molecule has 0 bridgehead atoms. The Morgan fingerprint density at radius 1 is 1.29 bits per heavy atom. The number of aliphatic carboxylic acids is 1. The molecule has 0 spiro atoms. The summed E-state index contributed by atoms with van der Waals surface area (Å²) in [6, 6.07) is 5.06. The third-order valence-corrected chi connectivity index (χ3v) is 3.67. The molecule has 1 fully saturated rings. The van der Waals surface area contributed by atoms with Crippen molar-refractivity contribution in [1.82, 2.24) is 10.2 Å². The third-order valence-electron chi connectivity index (χ3n) is 3.67. The molecule has 0 aromatic heterocycles. The molecule has 1 heterocycles. The predicted octanol–water partition coefficient (Wildman–Crippen LogP) is 2.24. The van der Waals surface area contributed by atoms with Gasteiger partial charge in [-0.05, 0) is 30.5 Å². The molecule has 1 saturated heterocycles. The maximum absolute atomic E-state index is 12.0. The molecule has 9 heteroatoms. The molecule has 1 aliphatic rings. The fourth-order valence-electron chi connectivity index (χ4n) is 2.43. The van der Waals surface area contributed by atoms with Crippen LogP contribution in [0.4, 0.5) is 18.0 Å². The normalized spacial score (nSPS) is 17.6. The van der Waals surface area contributed by atoms with Gasteiger partial charge in [-0.2, -0.15) is 0 Å². The maximum atomic E-state index is 12.0. The molecular weight excluding hydrogens is 329 g/mol. The van der Waals surface area contributed by atoms with Gasteiger partial charge in [0, 0.05) is 19.6 Å². The van der Waals surface area contributed by atoms with Gasteiger partial charge in [-0.1, -0.05) is 12.1 Å². The van der Waals surface area contributed by atoms with E-state index in [9.17, 15) is 22.8 Å². The molecule has 0 radical (unpaired) electrons. The first-order chi connectivity index (χ1) is 11.2. The van der Waals surface area contributed by atoms with Gasteiger partial charge in [-0.3, -0.25) is 4.79 Å². The number of rotatable bonds is 5. The molecule has 2 N–H and O–H groups in total. The van der Waals surface area contributed by atoms with Gasteiger partial charge in [0.15, 0.2) is 0 Å². The van der Waals surface area contributed by atoms with Crippen LogP contribution in [0.5, 0.6) is 5.75 Å². The number of urea groups is 1. The summed E-state index contributed by atoms with van der Waals surface area (Å²) in [5, 5.41) is 11.6. The predicted molar refractivity (Wildman–Crippen MR) is 77.5 cm³/mol. The van der Waals surface area contributed by atoms with Crippen molar-refractivity contribution in [2.24, 2.45) is 5.92 Å². The minimum atomic E-state index is -4.72. The van der Waals surface area contributed by atoms with Gasteiger partial charge in [-0.25, -0.2) is 4.79 Å². The number of halogens is 3. The monoisotopic (exact) mass is 346 g/mol. The highest BCUT2D eigenvalue weighted by atomic mass is 19.4. The van der Waals surface area contributed by atoms with Crippen LogP contribution in [-0.4, -0.2) is 48.0 Å². The van der Waals surface area contributed by atoms with Crippen molar-refractivity contribution in [2.75, 3.05) is 19.6 Å². The molecule has 1 aliphatic heterocycles. The Hall–Kier alpha value is -2.45. The van der Waals surface area contributed by atoms with Crippen LogP contribution in [0.2, 0.25) is 0 Å². The number of carboxylic acids is 1. The first kappa shape index (κ1) is 17.9. The zero-order valence-corrected chi connectivity index (χ0v) is 12.7. The Morgan fingerprint density at radius 3 is 2.50 bits per heavy atom. The molecule has 1 aromatic rings. The molecule has 1 unspecified atom stereocenters. The molecule has 6 nitrogen and oxygen atoms in total. The van der Waals surface area contributed by atoms with Crippen LogP contribution in [0.15, 0.2) is 24.3 Å². The molecule has 132 valence electrons. The van der Waals surface area contributed by atoms with Gasteiger partial charge >= 0.3 is 18.4 Å². The van der Waals surface area contributed by atoms with E-state index in [1.54, 1.807) is 0 Å². The van der Waals surface area contributed by atoms with E-state index in [4.69, 9.17) is 5.11 Å². The Bertz CT molecular complexity index is 589. The van der Waals surface area contributed by atoms with E-state index in [2.05, 4.69) is 10.1 Å². The summed E-state index contributed by atoms with van der Waals surface area (Å²) in [6.07, 6.45) is -3.85. The van der Waals surface area contributed by atoms with Crippen molar-refractivity contribution < 1.29 is 32.6 Å². The number of carboxylic acid groups (broad SMARTS) is 1. The van der Waals surface area contributed by atoms with E-state index in [0.717, 1.165) is 5.56 Å². The number of benzene rings is 1. The Balaban J connectivity index is 1.74. The first-order valence-corrected chi connectivity index (χ1v) is 7.35. The van der Waals surface area contributed by atoms with E-state index >= 15 is 0 Å². The van der Waals surface area contributed by atoms with Gasteiger partial charge in [0.1, 0.15) is 5.75 Å². The number of hydrogen-bond donors (Lipinski definition) is 2. The van der Waals surface area contributed by atoms with E-state index in [1.807, 2.05) is 0 Å². The lowest BCUT2D eigenvalue weighted by Crippen LogP contribution is -2.39. The van der Waals surface area contributed by atoms with Gasteiger partial charge in [-0.15, -0.1) is 13.2 Å². The lowest BCUT2D eigenvalue weighted by Gasteiger charge is -2.16. The number of alkyl halides is 3. The standard InChI is InChI=1S/C15H17F3N2O4/c16-15(17,18)24-12-3-1-10(2-4-12)5-7-19-14(23)20-8-6-11(9-20)13(21)22/h1-4,11H,5-9H2,(H,19,23)(H,21,22). The van der Waals surface area contributed by atoms with Gasteiger partial charge < -0.3 is 20.1 Å². The highest BCUT2D eigenvalue weighted by Crippen LogP contribution is 2.22. The quantitative estimate of drug-likeness (QED) is 0.857. The molecule has 1 aromatic carbocycles. The molecule has 2 rings (SSSR count). The molecule has 0 saturated carbocycles. The fraction of sp³-hybridized carbons (Fsp3) is 0.467. The number of nitrogens with one attached hydrogen (secondary N) is 1. The highest BCUT2D eigenvalue weighted by Gasteiger charge is 2.31. The largest absolute Gasteiger partial charge is 0.573 e. The van der Waals surface area contributed by atoms with Crippen molar-refractivity contribution in [3.63, 3.8) is 0 Å². The Morgan fingerprint density at radius 2 is 1.96 bits per heavy atom. The van der Waals surface area contributed by atoms with E-state index < -0.39 is 18.2 Å². The lowest BCUT2D eigenvalue weighted by molar-refractivity contribution is -0.274. The Kier molecular flexibility index (Phi) is 5.53. The van der Waals surface area contributed by atoms with Gasteiger partial charge in [0.05, 0.1) is 5.92 Å². The molecule has 1 atom stereocenters. The van der Waals surface area contributed by atoms with Crippen LogP contribution in [0.3, 0.4) is 0 Å². The summed E-state index contributed by atoms with van der Waals surface area (Å²) < 4.78 is 39.9. The Labute approximate surface area is 136 Å². The minimum Gasteiger partial charge on any atom is -0.481 e. The maximum Gasteiger partial charge on any atom is 0.573 e. The lowest BCUT2D eigenvalue weighted by atomic mass is 10.1. The summed E-state index contributed by atoms with van der Waals surface area (Å²) in [7, 11) is 0. The smallest absolute Gasteiger partial charge is 0.481 e. The third kappa shape index (κ3) is 5.32. The molecule has 2 amide bonds. The highest BCUT2D eigenvalue weighted by molar-refractivity contribution is 5.77. The van der Waals surface area contributed by atoms with E-state index in [0.29, 0.717) is 25.9 Å². The zero-order valence-electron chi connectivity index (χ0n) is 12.7. The van der Waals surface area contributed by atoms with Crippen LogP contribution in [-0.2, 0) is 11.2 Å². The average molecular weight is 346 g/mol. The summed E-state index contributed by atoms with van der Waals surface area (Å²) in [5.74, 6) is -1.74. The zero-order chi connectivity index (χ0) is 17.7. The van der Waals surface area contributed by atoms with Crippen molar-refractivity contribution >= 4 is 12.0 Å². The molecule has 24 heavy (non-hydrogen) atoms. The van der Waals surface area contributed by atoms with Crippen molar-refractivity contribution in [2.45, 2.75) is 19.2 Å². The second-order valence-electron chi connectivity index (χ2n) is 5.44. The second kappa shape index (κ2) is 7.41. The summed E-state index contributed by atoms with van der Waals surface area (Å²) >= 11 is 0. The van der Waals surface area contributed by atoms with Crippen molar-refractivity contribution in [1.29, 1.82) is 0 Å². The first-order valence-electron chi connectivity index (χ1n) is 7.35. The average Bonchev–Trinajstić information content (AvgIpc) is 2.97. The van der Waals surface area contributed by atoms with Crippen LogP contribution in [0, 0.1) is 5.92 Å². The number of likely N-dealkylation sites (tertiary alicyclic amines) is 1. The van der Waals surface area contributed by atoms with Gasteiger partial charge in [0.25, 0.3) is 0 Å². The van der Waals surface area contributed by atoms with E-state index in [1.165, 1.54) is 29.2 Å². The van der Waals surface area contributed by atoms with E-state index in [-0.39, 0.29) is 18.3 Å². The summed E-state index contributed by atoms with van der Waals surface area (Å²) in [5.41, 5.74) is 0.745. The number of hydrogen-bond acceptors (Lipinski definition) is 3. The number of ether oxygens (including phenoxy) is 1. The molecular formula is C15H17F3N2O4. The SMILES string of the molecule is O=C(O)C1CCN(C(=O)NCCc2ccc(OC(F)(F)F)cc2)C1. The summed E-state index contributed by atoms with van der Waals surface area (Å²) in [6.45, 7) is 0.878.